The molecule has 2 rings (SSSR count). The number of nitrogens with zero attached hydrogens (tertiary/aromatic N) is 1. The number of rotatable bonds is 5. The summed E-state index contributed by atoms with van der Waals surface area (Å²) in [6.07, 6.45) is 0. The Morgan fingerprint density at radius 3 is 2.41 bits per heavy atom. The molecule has 2 aromatic rings. The highest BCUT2D eigenvalue weighted by molar-refractivity contribution is 5.67. The van der Waals surface area contributed by atoms with E-state index in [1.54, 1.807) is 24.5 Å². The summed E-state index contributed by atoms with van der Waals surface area (Å²) in [5, 5.41) is 10.2. The van der Waals surface area contributed by atoms with Crippen LogP contribution in [0.15, 0.2) is 41.2 Å². The van der Waals surface area contributed by atoms with Crippen molar-refractivity contribution in [1.82, 2.24) is 4.57 Å². The predicted molar refractivity (Wildman–Crippen MR) is 88.2 cm³/mol. The van der Waals surface area contributed by atoms with Crippen LogP contribution in [0.2, 0.25) is 0 Å². The molecule has 0 aliphatic heterocycles. The summed E-state index contributed by atoms with van der Waals surface area (Å²) >= 11 is 0. The fraction of sp³-hybridized carbons (Fsp3) is 0.389. The molecule has 4 heteroatoms. The van der Waals surface area contributed by atoms with E-state index in [0.717, 1.165) is 17.0 Å². The maximum Gasteiger partial charge on any atom is 0.257 e. The molecule has 1 aromatic heterocycles. The van der Waals surface area contributed by atoms with Crippen LogP contribution in [-0.2, 0) is 12.1 Å². The predicted octanol–water partition coefficient (Wildman–Crippen LogP) is 3.16. The van der Waals surface area contributed by atoms with E-state index in [4.69, 9.17) is 4.74 Å². The number of hydrogen-bond donors (Lipinski definition) is 1. The van der Waals surface area contributed by atoms with Crippen molar-refractivity contribution in [1.29, 1.82) is 0 Å². The first-order chi connectivity index (χ1) is 10.4. The molecule has 1 aromatic carbocycles. The van der Waals surface area contributed by atoms with Gasteiger partial charge < -0.3 is 14.4 Å². The Morgan fingerprint density at radius 2 is 1.82 bits per heavy atom. The molecule has 0 amide bonds. The fourth-order valence-electron chi connectivity index (χ4n) is 2.55. The van der Waals surface area contributed by atoms with Crippen molar-refractivity contribution >= 4 is 0 Å². The first kappa shape index (κ1) is 16.3. The number of benzene rings is 1. The average Bonchev–Trinajstić information content (AvgIpc) is 2.46. The van der Waals surface area contributed by atoms with Gasteiger partial charge in [-0.3, -0.25) is 4.79 Å². The summed E-state index contributed by atoms with van der Waals surface area (Å²) in [7, 11) is 0. The number of hydrogen-bond acceptors (Lipinski definition) is 3. The number of pyridine rings is 1. The number of ether oxygens (including phenoxy) is 1. The number of aliphatic hydroxyl groups is 1. The molecular weight excluding hydrogens is 278 g/mol. The SMILES string of the molecule is CCOc1ccccc1-c1ccc(C(C)(C)O)c(=O)n1CC. The van der Waals surface area contributed by atoms with E-state index in [1.807, 2.05) is 44.2 Å². The van der Waals surface area contributed by atoms with Gasteiger partial charge in [0, 0.05) is 17.7 Å². The molecule has 0 bridgehead atoms. The molecule has 1 N–H and O–H groups in total. The van der Waals surface area contributed by atoms with Gasteiger partial charge in [0.15, 0.2) is 0 Å². The van der Waals surface area contributed by atoms with Crippen LogP contribution in [-0.4, -0.2) is 16.3 Å². The molecule has 0 atom stereocenters. The van der Waals surface area contributed by atoms with Gasteiger partial charge in [-0.1, -0.05) is 12.1 Å². The van der Waals surface area contributed by atoms with E-state index in [9.17, 15) is 9.90 Å². The van der Waals surface area contributed by atoms with Crippen LogP contribution in [0.25, 0.3) is 11.3 Å². The van der Waals surface area contributed by atoms with E-state index in [2.05, 4.69) is 0 Å². The fourth-order valence-corrected chi connectivity index (χ4v) is 2.55. The zero-order valence-corrected chi connectivity index (χ0v) is 13.6. The summed E-state index contributed by atoms with van der Waals surface area (Å²) in [6.45, 7) is 8.19. The minimum Gasteiger partial charge on any atom is -0.493 e. The second-order valence-electron chi connectivity index (χ2n) is 5.67. The maximum absolute atomic E-state index is 12.7. The van der Waals surface area contributed by atoms with Gasteiger partial charge in [-0.15, -0.1) is 0 Å². The lowest BCUT2D eigenvalue weighted by Gasteiger charge is -2.21. The highest BCUT2D eigenvalue weighted by atomic mass is 16.5. The van der Waals surface area contributed by atoms with Crippen molar-refractivity contribution in [2.24, 2.45) is 0 Å². The van der Waals surface area contributed by atoms with Gasteiger partial charge in [0.25, 0.3) is 5.56 Å². The highest BCUT2D eigenvalue weighted by Crippen LogP contribution is 2.30. The molecule has 0 aliphatic rings. The van der Waals surface area contributed by atoms with E-state index < -0.39 is 5.60 Å². The third-order valence-electron chi connectivity index (χ3n) is 3.61. The lowest BCUT2D eigenvalue weighted by Crippen LogP contribution is -2.32. The largest absolute Gasteiger partial charge is 0.493 e. The quantitative estimate of drug-likeness (QED) is 0.923. The summed E-state index contributed by atoms with van der Waals surface area (Å²) in [5.74, 6) is 0.752. The highest BCUT2D eigenvalue weighted by Gasteiger charge is 2.22. The Labute approximate surface area is 131 Å². The van der Waals surface area contributed by atoms with Crippen LogP contribution in [0.5, 0.6) is 5.75 Å². The summed E-state index contributed by atoms with van der Waals surface area (Å²) in [4.78, 5) is 12.7. The van der Waals surface area contributed by atoms with Gasteiger partial charge >= 0.3 is 0 Å². The van der Waals surface area contributed by atoms with E-state index in [1.165, 1.54) is 0 Å². The number of para-hydroxylation sites is 1. The van der Waals surface area contributed by atoms with Crippen molar-refractivity contribution in [3.8, 4) is 17.0 Å². The molecular formula is C18H23NO3. The molecule has 0 aliphatic carbocycles. The normalized spacial score (nSPS) is 11.5. The van der Waals surface area contributed by atoms with Gasteiger partial charge in [0.2, 0.25) is 0 Å². The Bertz CT molecular complexity index is 711. The van der Waals surface area contributed by atoms with Gasteiger partial charge in [-0.25, -0.2) is 0 Å². The molecule has 0 unspecified atom stereocenters. The topological polar surface area (TPSA) is 51.5 Å². The minimum atomic E-state index is -1.16. The van der Waals surface area contributed by atoms with Crippen molar-refractivity contribution < 1.29 is 9.84 Å². The third kappa shape index (κ3) is 3.07. The Balaban J connectivity index is 2.68. The van der Waals surface area contributed by atoms with Crippen LogP contribution in [0.3, 0.4) is 0 Å². The van der Waals surface area contributed by atoms with Gasteiger partial charge in [-0.05, 0) is 52.0 Å². The van der Waals surface area contributed by atoms with E-state index >= 15 is 0 Å². The second kappa shape index (κ2) is 6.36. The van der Waals surface area contributed by atoms with Crippen molar-refractivity contribution in [2.75, 3.05) is 6.61 Å². The van der Waals surface area contributed by atoms with Crippen LogP contribution < -0.4 is 10.3 Å². The molecule has 22 heavy (non-hydrogen) atoms. The van der Waals surface area contributed by atoms with Crippen molar-refractivity contribution in [3.05, 3.63) is 52.3 Å². The van der Waals surface area contributed by atoms with E-state index in [0.29, 0.717) is 18.7 Å². The van der Waals surface area contributed by atoms with Crippen LogP contribution in [0.4, 0.5) is 0 Å². The Kier molecular flexibility index (Phi) is 4.71. The Hall–Kier alpha value is -2.07. The van der Waals surface area contributed by atoms with Crippen molar-refractivity contribution in [2.45, 2.75) is 39.8 Å². The first-order valence-electron chi connectivity index (χ1n) is 7.59. The van der Waals surface area contributed by atoms with E-state index in [-0.39, 0.29) is 5.56 Å². The standard InChI is InChI=1S/C18H23NO3/c1-5-19-15(12-11-14(17(19)20)18(3,4)21)13-9-7-8-10-16(13)22-6-2/h7-12,21H,5-6H2,1-4H3. The average molecular weight is 301 g/mol. The molecule has 0 saturated heterocycles. The summed E-state index contributed by atoms with van der Waals surface area (Å²) in [6, 6.07) is 11.2. The lowest BCUT2D eigenvalue weighted by atomic mass is 9.98. The number of aromatic nitrogens is 1. The summed E-state index contributed by atoms with van der Waals surface area (Å²) < 4.78 is 7.34. The van der Waals surface area contributed by atoms with Gasteiger partial charge in [-0.2, -0.15) is 0 Å². The van der Waals surface area contributed by atoms with Crippen LogP contribution in [0.1, 0.15) is 33.3 Å². The first-order valence-corrected chi connectivity index (χ1v) is 7.59. The van der Waals surface area contributed by atoms with Crippen LogP contribution >= 0.6 is 0 Å². The zero-order chi connectivity index (χ0) is 16.3. The smallest absolute Gasteiger partial charge is 0.257 e. The zero-order valence-electron chi connectivity index (χ0n) is 13.6. The molecule has 0 spiro atoms. The minimum absolute atomic E-state index is 0.168. The molecule has 0 fully saturated rings. The molecule has 0 radical (unpaired) electrons. The van der Waals surface area contributed by atoms with Crippen LogP contribution in [0, 0.1) is 0 Å². The third-order valence-corrected chi connectivity index (χ3v) is 3.61. The monoisotopic (exact) mass is 301 g/mol. The maximum atomic E-state index is 12.7. The molecule has 118 valence electrons. The van der Waals surface area contributed by atoms with Crippen molar-refractivity contribution in [3.63, 3.8) is 0 Å². The lowest BCUT2D eigenvalue weighted by molar-refractivity contribution is 0.0765. The molecule has 1 heterocycles. The summed E-state index contributed by atoms with van der Waals surface area (Å²) in [5.41, 5.74) is 0.743. The molecule has 0 saturated carbocycles. The van der Waals surface area contributed by atoms with Gasteiger partial charge in [0.05, 0.1) is 17.9 Å². The Morgan fingerprint density at radius 1 is 1.14 bits per heavy atom. The molecule has 4 nitrogen and oxygen atoms in total. The van der Waals surface area contributed by atoms with Gasteiger partial charge in [0.1, 0.15) is 5.75 Å². The second-order valence-corrected chi connectivity index (χ2v) is 5.67.